The summed E-state index contributed by atoms with van der Waals surface area (Å²) in [5.74, 6) is -1.12. The molecule has 74 valence electrons. The quantitative estimate of drug-likeness (QED) is 0.766. The predicted molar refractivity (Wildman–Crippen MR) is 50.9 cm³/mol. The molecule has 0 atom stereocenters. The Labute approximate surface area is 80.7 Å². The van der Waals surface area contributed by atoms with Crippen molar-refractivity contribution in [2.24, 2.45) is 5.73 Å². The predicted octanol–water partition coefficient (Wildman–Crippen LogP) is 1.42. The monoisotopic (exact) mass is 195 g/mol. The van der Waals surface area contributed by atoms with Crippen molar-refractivity contribution in [1.29, 1.82) is 0 Å². The van der Waals surface area contributed by atoms with Crippen molar-refractivity contribution in [1.82, 2.24) is 0 Å². The first-order valence-corrected chi connectivity index (χ1v) is 4.03. The Bertz CT molecular complexity index is 374. The van der Waals surface area contributed by atoms with Gasteiger partial charge in [0.25, 0.3) is 0 Å². The molecule has 1 amide bonds. The van der Waals surface area contributed by atoms with Gasteiger partial charge in [-0.25, -0.2) is 4.39 Å². The smallest absolute Gasteiger partial charge is 0.221 e. The van der Waals surface area contributed by atoms with Gasteiger partial charge in [0.2, 0.25) is 5.91 Å². The molecule has 3 N–H and O–H groups in total. The molecule has 0 bridgehead atoms. The van der Waals surface area contributed by atoms with Gasteiger partial charge in [0.05, 0.1) is 0 Å². The highest BCUT2D eigenvalue weighted by molar-refractivity contribution is 5.76. The Balaban J connectivity index is 2.76. The Morgan fingerprint density at radius 3 is 2.86 bits per heavy atom. The summed E-state index contributed by atoms with van der Waals surface area (Å²) in [6.45, 7) is 0. The van der Waals surface area contributed by atoms with Crippen molar-refractivity contribution in [2.75, 3.05) is 0 Å². The summed E-state index contributed by atoms with van der Waals surface area (Å²) < 4.78 is 12.5. The number of rotatable bonds is 3. The number of carbonyl (C=O) groups is 1. The Kier molecular flexibility index (Phi) is 3.23. The van der Waals surface area contributed by atoms with E-state index in [-0.39, 0.29) is 12.2 Å². The normalized spacial score (nSPS) is 10.6. The van der Waals surface area contributed by atoms with Crippen LogP contribution in [0, 0.1) is 5.82 Å². The molecule has 14 heavy (non-hydrogen) atoms. The van der Waals surface area contributed by atoms with Crippen molar-refractivity contribution in [2.45, 2.75) is 6.42 Å². The van der Waals surface area contributed by atoms with E-state index in [0.29, 0.717) is 5.56 Å². The molecule has 0 fully saturated rings. The van der Waals surface area contributed by atoms with Crippen molar-refractivity contribution >= 4 is 12.0 Å². The highest BCUT2D eigenvalue weighted by atomic mass is 19.1. The van der Waals surface area contributed by atoms with Crippen LogP contribution >= 0.6 is 0 Å². The maximum Gasteiger partial charge on any atom is 0.221 e. The number of phenols is 1. The largest absolute Gasteiger partial charge is 0.507 e. The van der Waals surface area contributed by atoms with Crippen LogP contribution in [0.4, 0.5) is 4.39 Å². The van der Waals surface area contributed by atoms with Crippen LogP contribution in [0.15, 0.2) is 24.3 Å². The Morgan fingerprint density at radius 1 is 1.57 bits per heavy atom. The lowest BCUT2D eigenvalue weighted by molar-refractivity contribution is -0.117. The standard InChI is InChI=1S/C10H10FNO2/c11-8-5-4-7(9(13)6-8)2-1-3-10(12)14/h1-2,4-6,13H,3H2,(H2,12,14). The first-order chi connectivity index (χ1) is 6.59. The Morgan fingerprint density at radius 2 is 2.29 bits per heavy atom. The topological polar surface area (TPSA) is 63.3 Å². The van der Waals surface area contributed by atoms with E-state index in [4.69, 9.17) is 5.73 Å². The summed E-state index contributed by atoms with van der Waals surface area (Å²) in [7, 11) is 0. The number of halogens is 1. The van der Waals surface area contributed by atoms with E-state index in [9.17, 15) is 14.3 Å². The fraction of sp³-hybridized carbons (Fsp3) is 0.100. The minimum atomic E-state index is -0.505. The second-order valence-electron chi connectivity index (χ2n) is 2.78. The maximum atomic E-state index is 12.5. The molecule has 1 aromatic carbocycles. The zero-order valence-corrected chi connectivity index (χ0v) is 7.40. The van der Waals surface area contributed by atoms with Crippen LogP contribution in [0.3, 0.4) is 0 Å². The first-order valence-electron chi connectivity index (χ1n) is 4.03. The van der Waals surface area contributed by atoms with E-state index in [0.717, 1.165) is 6.07 Å². The van der Waals surface area contributed by atoms with E-state index < -0.39 is 11.7 Å². The summed E-state index contributed by atoms with van der Waals surface area (Å²) >= 11 is 0. The molecule has 0 heterocycles. The van der Waals surface area contributed by atoms with Crippen LogP contribution < -0.4 is 5.73 Å². The molecule has 0 aliphatic heterocycles. The number of hydrogen-bond donors (Lipinski definition) is 2. The minimum Gasteiger partial charge on any atom is -0.507 e. The average Bonchev–Trinajstić information content (AvgIpc) is 2.08. The van der Waals surface area contributed by atoms with Crippen molar-refractivity contribution < 1.29 is 14.3 Å². The highest BCUT2D eigenvalue weighted by Crippen LogP contribution is 2.19. The van der Waals surface area contributed by atoms with E-state index in [1.54, 1.807) is 0 Å². The third-order valence-electron chi connectivity index (χ3n) is 1.61. The van der Waals surface area contributed by atoms with Gasteiger partial charge in [0.1, 0.15) is 11.6 Å². The summed E-state index contributed by atoms with van der Waals surface area (Å²) in [6, 6.07) is 3.65. The van der Waals surface area contributed by atoms with Gasteiger partial charge in [0.15, 0.2) is 0 Å². The number of hydrogen-bond acceptors (Lipinski definition) is 2. The van der Waals surface area contributed by atoms with Crippen LogP contribution in [0.5, 0.6) is 5.75 Å². The minimum absolute atomic E-state index is 0.0941. The number of carbonyl (C=O) groups excluding carboxylic acids is 1. The lowest BCUT2D eigenvalue weighted by Gasteiger charge is -1.97. The third kappa shape index (κ3) is 2.90. The molecular weight excluding hydrogens is 185 g/mol. The molecule has 0 aliphatic rings. The molecule has 0 aromatic heterocycles. The average molecular weight is 195 g/mol. The number of phenolic OH excluding ortho intramolecular Hbond substituents is 1. The molecule has 1 aromatic rings. The van der Waals surface area contributed by atoms with Crippen molar-refractivity contribution in [3.63, 3.8) is 0 Å². The zero-order valence-electron chi connectivity index (χ0n) is 7.40. The maximum absolute atomic E-state index is 12.5. The number of aromatic hydroxyl groups is 1. The molecule has 4 heteroatoms. The molecule has 0 spiro atoms. The van der Waals surface area contributed by atoms with Gasteiger partial charge in [-0.05, 0) is 12.1 Å². The molecule has 0 saturated heterocycles. The van der Waals surface area contributed by atoms with E-state index in [1.807, 2.05) is 0 Å². The lowest BCUT2D eigenvalue weighted by Crippen LogP contribution is -2.07. The summed E-state index contributed by atoms with van der Waals surface area (Å²) in [4.78, 5) is 10.4. The van der Waals surface area contributed by atoms with Gasteiger partial charge in [-0.15, -0.1) is 0 Å². The molecule has 0 unspecified atom stereocenters. The van der Waals surface area contributed by atoms with Gasteiger partial charge in [0, 0.05) is 18.1 Å². The number of nitrogens with two attached hydrogens (primary N) is 1. The molecule has 0 saturated carbocycles. The summed E-state index contributed by atoms with van der Waals surface area (Å²) in [6.07, 6.45) is 3.12. The lowest BCUT2D eigenvalue weighted by atomic mass is 10.1. The second kappa shape index (κ2) is 4.41. The van der Waals surface area contributed by atoms with Gasteiger partial charge >= 0.3 is 0 Å². The van der Waals surface area contributed by atoms with E-state index >= 15 is 0 Å². The highest BCUT2D eigenvalue weighted by Gasteiger charge is 1.98. The van der Waals surface area contributed by atoms with Gasteiger partial charge in [-0.3, -0.25) is 4.79 Å². The van der Waals surface area contributed by atoms with Crippen molar-refractivity contribution in [3.05, 3.63) is 35.7 Å². The number of amides is 1. The van der Waals surface area contributed by atoms with Crippen LogP contribution in [0.2, 0.25) is 0 Å². The number of benzene rings is 1. The fourth-order valence-corrected chi connectivity index (χ4v) is 0.960. The fourth-order valence-electron chi connectivity index (χ4n) is 0.960. The van der Waals surface area contributed by atoms with Gasteiger partial charge in [-0.2, -0.15) is 0 Å². The first kappa shape index (κ1) is 10.2. The molecule has 3 nitrogen and oxygen atoms in total. The summed E-state index contributed by atoms with van der Waals surface area (Å²) in [5.41, 5.74) is 5.36. The third-order valence-corrected chi connectivity index (χ3v) is 1.61. The van der Waals surface area contributed by atoms with Crippen LogP contribution in [-0.4, -0.2) is 11.0 Å². The second-order valence-corrected chi connectivity index (χ2v) is 2.78. The zero-order chi connectivity index (χ0) is 10.6. The Hall–Kier alpha value is -1.84. The van der Waals surface area contributed by atoms with Gasteiger partial charge in [-0.1, -0.05) is 12.2 Å². The van der Waals surface area contributed by atoms with E-state index in [1.165, 1.54) is 24.3 Å². The van der Waals surface area contributed by atoms with Crippen LogP contribution in [0.25, 0.3) is 6.08 Å². The SMILES string of the molecule is NC(=O)CC=Cc1ccc(F)cc1O. The van der Waals surface area contributed by atoms with Crippen LogP contribution in [-0.2, 0) is 4.79 Å². The van der Waals surface area contributed by atoms with Gasteiger partial charge < -0.3 is 10.8 Å². The number of primary amides is 1. The molecule has 0 aliphatic carbocycles. The van der Waals surface area contributed by atoms with Crippen LogP contribution in [0.1, 0.15) is 12.0 Å². The summed E-state index contributed by atoms with van der Waals surface area (Å²) in [5, 5.41) is 9.25. The molecule has 0 radical (unpaired) electrons. The molecular formula is C10H10FNO2. The van der Waals surface area contributed by atoms with Crippen molar-refractivity contribution in [3.8, 4) is 5.75 Å². The molecule has 1 rings (SSSR count). The van der Waals surface area contributed by atoms with E-state index in [2.05, 4.69) is 0 Å².